The van der Waals surface area contributed by atoms with E-state index in [0.29, 0.717) is 6.54 Å². The van der Waals surface area contributed by atoms with Gasteiger partial charge in [-0.25, -0.2) is 0 Å². The number of amides is 1. The van der Waals surface area contributed by atoms with Crippen LogP contribution < -0.4 is 11.1 Å². The van der Waals surface area contributed by atoms with Crippen molar-refractivity contribution in [3.05, 3.63) is 29.8 Å². The summed E-state index contributed by atoms with van der Waals surface area (Å²) in [6, 6.07) is 8.13. The Morgan fingerprint density at radius 2 is 1.71 bits per heavy atom. The molecule has 0 aliphatic heterocycles. The van der Waals surface area contributed by atoms with Gasteiger partial charge < -0.3 is 11.1 Å². The SMILES string of the molecule is CC(C)(C)c1ccc(NC(=O)C2(CN)CCCC2)cc1.Cl. The molecule has 2 rings (SSSR count). The van der Waals surface area contributed by atoms with E-state index >= 15 is 0 Å². The normalized spacial score (nSPS) is 17.1. The zero-order valence-electron chi connectivity index (χ0n) is 13.2. The Bertz CT molecular complexity index is 471. The van der Waals surface area contributed by atoms with Crippen molar-refractivity contribution in [3.63, 3.8) is 0 Å². The lowest BCUT2D eigenvalue weighted by atomic mass is 9.85. The average Bonchev–Trinajstić information content (AvgIpc) is 2.88. The minimum absolute atomic E-state index is 0. The second-order valence-electron chi connectivity index (χ2n) is 6.97. The van der Waals surface area contributed by atoms with E-state index in [9.17, 15) is 4.79 Å². The molecule has 0 spiro atoms. The molecule has 1 fully saturated rings. The van der Waals surface area contributed by atoms with E-state index in [2.05, 4.69) is 38.2 Å². The molecule has 1 saturated carbocycles. The largest absolute Gasteiger partial charge is 0.329 e. The molecule has 0 unspecified atom stereocenters. The van der Waals surface area contributed by atoms with Crippen molar-refractivity contribution in [1.29, 1.82) is 0 Å². The van der Waals surface area contributed by atoms with Crippen molar-refractivity contribution in [1.82, 2.24) is 0 Å². The van der Waals surface area contributed by atoms with Gasteiger partial charge in [0.1, 0.15) is 0 Å². The van der Waals surface area contributed by atoms with Crippen LogP contribution in [-0.2, 0) is 10.2 Å². The number of benzene rings is 1. The summed E-state index contributed by atoms with van der Waals surface area (Å²) in [4.78, 5) is 12.5. The third-order valence-corrected chi connectivity index (χ3v) is 4.44. The Balaban J connectivity index is 0.00000220. The quantitative estimate of drug-likeness (QED) is 0.890. The summed E-state index contributed by atoms with van der Waals surface area (Å²) in [5.41, 5.74) is 7.76. The molecule has 0 bridgehead atoms. The average molecular weight is 311 g/mol. The number of nitrogens with two attached hydrogens (primary N) is 1. The van der Waals surface area contributed by atoms with Crippen LogP contribution in [0.1, 0.15) is 52.0 Å². The van der Waals surface area contributed by atoms with E-state index in [0.717, 1.165) is 31.4 Å². The smallest absolute Gasteiger partial charge is 0.231 e. The maximum atomic E-state index is 12.5. The third kappa shape index (κ3) is 3.98. The van der Waals surface area contributed by atoms with E-state index in [1.165, 1.54) is 5.56 Å². The fourth-order valence-corrected chi connectivity index (χ4v) is 2.89. The predicted octanol–water partition coefficient (Wildman–Crippen LogP) is 3.86. The standard InChI is InChI=1S/C17H26N2O.ClH/c1-16(2,3)13-6-8-14(9-7-13)19-15(20)17(12-18)10-4-5-11-17;/h6-9H,4-5,10-12,18H2,1-3H3,(H,19,20);1H. The Hall–Kier alpha value is -1.06. The van der Waals surface area contributed by atoms with Gasteiger partial charge in [0, 0.05) is 12.2 Å². The summed E-state index contributed by atoms with van der Waals surface area (Å²) in [5, 5.41) is 3.04. The van der Waals surface area contributed by atoms with E-state index in [-0.39, 0.29) is 29.1 Å². The number of carbonyl (C=O) groups excluding carboxylic acids is 1. The number of hydrogen-bond acceptors (Lipinski definition) is 2. The van der Waals surface area contributed by atoms with Crippen molar-refractivity contribution in [2.24, 2.45) is 11.1 Å². The molecule has 3 N–H and O–H groups in total. The molecule has 1 amide bonds. The number of anilines is 1. The molecule has 0 heterocycles. The molecule has 4 heteroatoms. The first kappa shape index (κ1) is 18.0. The van der Waals surface area contributed by atoms with Gasteiger partial charge in [-0.15, -0.1) is 12.4 Å². The lowest BCUT2D eigenvalue weighted by Gasteiger charge is -2.26. The van der Waals surface area contributed by atoms with Crippen LogP contribution in [0.2, 0.25) is 0 Å². The zero-order chi connectivity index (χ0) is 14.8. The van der Waals surface area contributed by atoms with Crippen LogP contribution in [0.25, 0.3) is 0 Å². The number of rotatable bonds is 3. The van der Waals surface area contributed by atoms with Gasteiger partial charge in [0.05, 0.1) is 5.41 Å². The zero-order valence-corrected chi connectivity index (χ0v) is 14.1. The second kappa shape index (κ2) is 6.80. The summed E-state index contributed by atoms with van der Waals surface area (Å²) in [6.45, 7) is 6.99. The van der Waals surface area contributed by atoms with E-state index < -0.39 is 0 Å². The number of halogens is 1. The topological polar surface area (TPSA) is 55.1 Å². The molecule has 118 valence electrons. The molecule has 3 nitrogen and oxygen atoms in total. The minimum Gasteiger partial charge on any atom is -0.329 e. The second-order valence-corrected chi connectivity index (χ2v) is 6.97. The highest BCUT2D eigenvalue weighted by Gasteiger charge is 2.39. The lowest BCUT2D eigenvalue weighted by Crippen LogP contribution is -2.40. The highest BCUT2D eigenvalue weighted by molar-refractivity contribution is 5.95. The van der Waals surface area contributed by atoms with Gasteiger partial charge in [0.15, 0.2) is 0 Å². The fraction of sp³-hybridized carbons (Fsp3) is 0.588. The van der Waals surface area contributed by atoms with Crippen LogP contribution in [0.3, 0.4) is 0 Å². The number of carbonyl (C=O) groups is 1. The van der Waals surface area contributed by atoms with Crippen molar-refractivity contribution in [2.45, 2.75) is 51.9 Å². The van der Waals surface area contributed by atoms with Crippen LogP contribution in [0.4, 0.5) is 5.69 Å². The first-order valence-electron chi connectivity index (χ1n) is 7.49. The summed E-state index contributed by atoms with van der Waals surface area (Å²) in [5.74, 6) is 0.0843. The highest BCUT2D eigenvalue weighted by Crippen LogP contribution is 2.38. The summed E-state index contributed by atoms with van der Waals surface area (Å²) < 4.78 is 0. The van der Waals surface area contributed by atoms with E-state index in [4.69, 9.17) is 5.73 Å². The van der Waals surface area contributed by atoms with Crippen molar-refractivity contribution < 1.29 is 4.79 Å². The molecular weight excluding hydrogens is 284 g/mol. The fourth-order valence-electron chi connectivity index (χ4n) is 2.89. The monoisotopic (exact) mass is 310 g/mol. The van der Waals surface area contributed by atoms with Gasteiger partial charge in [-0.3, -0.25) is 4.79 Å². The van der Waals surface area contributed by atoms with Crippen molar-refractivity contribution in [3.8, 4) is 0 Å². The predicted molar refractivity (Wildman–Crippen MR) is 91.0 cm³/mol. The summed E-state index contributed by atoms with van der Waals surface area (Å²) in [6.07, 6.45) is 4.03. The summed E-state index contributed by atoms with van der Waals surface area (Å²) in [7, 11) is 0. The third-order valence-electron chi connectivity index (χ3n) is 4.44. The van der Waals surface area contributed by atoms with Crippen LogP contribution in [0, 0.1) is 5.41 Å². The number of hydrogen-bond donors (Lipinski definition) is 2. The molecule has 0 radical (unpaired) electrons. The molecule has 0 aromatic heterocycles. The van der Waals surface area contributed by atoms with Crippen LogP contribution >= 0.6 is 12.4 Å². The van der Waals surface area contributed by atoms with Crippen molar-refractivity contribution >= 4 is 24.0 Å². The molecule has 1 aliphatic carbocycles. The molecular formula is C17H27ClN2O. The van der Waals surface area contributed by atoms with E-state index in [1.807, 2.05) is 12.1 Å². The lowest BCUT2D eigenvalue weighted by molar-refractivity contribution is -0.124. The van der Waals surface area contributed by atoms with Crippen LogP contribution in [0.15, 0.2) is 24.3 Å². The molecule has 0 atom stereocenters. The highest BCUT2D eigenvalue weighted by atomic mass is 35.5. The number of nitrogens with one attached hydrogen (secondary N) is 1. The van der Waals surface area contributed by atoms with Gasteiger partial charge in [0.2, 0.25) is 5.91 Å². The maximum absolute atomic E-state index is 12.5. The van der Waals surface area contributed by atoms with Gasteiger partial charge in [0.25, 0.3) is 0 Å². The van der Waals surface area contributed by atoms with Crippen molar-refractivity contribution in [2.75, 3.05) is 11.9 Å². The molecule has 21 heavy (non-hydrogen) atoms. The molecule has 0 saturated heterocycles. The Labute approximate surface area is 134 Å². The molecule has 1 aromatic carbocycles. The Morgan fingerprint density at radius 3 is 2.14 bits per heavy atom. The van der Waals surface area contributed by atoms with Gasteiger partial charge in [-0.2, -0.15) is 0 Å². The van der Waals surface area contributed by atoms with Gasteiger partial charge in [-0.05, 0) is 36.0 Å². The minimum atomic E-state index is -0.345. The van der Waals surface area contributed by atoms with E-state index in [1.54, 1.807) is 0 Å². The first-order chi connectivity index (χ1) is 9.37. The van der Waals surface area contributed by atoms with Crippen LogP contribution in [-0.4, -0.2) is 12.5 Å². The molecule has 1 aliphatic rings. The Morgan fingerprint density at radius 1 is 1.19 bits per heavy atom. The maximum Gasteiger partial charge on any atom is 0.231 e. The first-order valence-corrected chi connectivity index (χ1v) is 7.49. The molecule has 1 aromatic rings. The van der Waals surface area contributed by atoms with Gasteiger partial charge >= 0.3 is 0 Å². The Kier molecular flexibility index (Phi) is 5.83. The summed E-state index contributed by atoms with van der Waals surface area (Å²) >= 11 is 0. The van der Waals surface area contributed by atoms with Gasteiger partial charge in [-0.1, -0.05) is 45.7 Å². The van der Waals surface area contributed by atoms with Crippen LogP contribution in [0.5, 0.6) is 0 Å².